The van der Waals surface area contributed by atoms with Gasteiger partial charge in [0.25, 0.3) is 20.0 Å². The number of benzene rings is 2. The van der Waals surface area contributed by atoms with Gasteiger partial charge in [0.15, 0.2) is 6.29 Å². The number of rotatable bonds is 9. The molecule has 1 N–H and O–H groups in total. The van der Waals surface area contributed by atoms with E-state index in [-0.39, 0.29) is 34.6 Å². The van der Waals surface area contributed by atoms with E-state index in [1.54, 1.807) is 48.8 Å². The molecule has 0 aliphatic rings. The predicted molar refractivity (Wildman–Crippen MR) is 186 cm³/mol. The maximum atomic E-state index is 12.9. The van der Waals surface area contributed by atoms with Gasteiger partial charge in [-0.15, -0.1) is 24.8 Å². The fourth-order valence-electron chi connectivity index (χ4n) is 4.59. The van der Waals surface area contributed by atoms with Gasteiger partial charge in [0.2, 0.25) is 0 Å². The molecule has 0 fully saturated rings. The Bertz CT molecular complexity index is 2110. The maximum absolute atomic E-state index is 12.9. The van der Waals surface area contributed by atoms with E-state index in [2.05, 4.69) is 15.3 Å². The van der Waals surface area contributed by atoms with Crippen LogP contribution in [0.25, 0.3) is 22.5 Å². The molecule has 0 saturated heterocycles. The van der Waals surface area contributed by atoms with Crippen LogP contribution in [0.3, 0.4) is 0 Å². The van der Waals surface area contributed by atoms with Crippen LogP contribution in [-0.4, -0.2) is 48.1 Å². The molecule has 0 aliphatic heterocycles. The summed E-state index contributed by atoms with van der Waals surface area (Å²) in [4.78, 5) is 19.0. The molecule has 244 valence electrons. The lowest BCUT2D eigenvalue weighted by atomic mass is 10.1. The summed E-state index contributed by atoms with van der Waals surface area (Å²) in [6, 6.07) is 28.2. The highest BCUT2D eigenvalue weighted by Crippen LogP contribution is 2.28. The first-order valence-corrected chi connectivity index (χ1v) is 16.6. The van der Waals surface area contributed by atoms with E-state index < -0.39 is 20.0 Å². The molecule has 10 nitrogen and oxygen atoms in total. The number of hydrogen-bond donors (Lipinski definition) is 1. The number of pyridine rings is 2. The van der Waals surface area contributed by atoms with Gasteiger partial charge in [0.1, 0.15) is 9.79 Å². The van der Waals surface area contributed by atoms with Gasteiger partial charge < -0.3 is 5.32 Å². The Morgan fingerprint density at radius 2 is 1.13 bits per heavy atom. The van der Waals surface area contributed by atoms with Crippen molar-refractivity contribution in [3.8, 4) is 22.5 Å². The fraction of sp³-hybridized carbons (Fsp3) is 0.0606. The average Bonchev–Trinajstić information content (AvgIpc) is 3.73. The lowest BCUT2D eigenvalue weighted by Crippen LogP contribution is -2.13. The van der Waals surface area contributed by atoms with Gasteiger partial charge >= 0.3 is 0 Å². The first-order chi connectivity index (χ1) is 21.8. The first-order valence-electron chi connectivity index (χ1n) is 13.7. The van der Waals surface area contributed by atoms with Crippen molar-refractivity contribution >= 4 is 51.1 Å². The highest BCUT2D eigenvalue weighted by atomic mass is 35.5. The summed E-state index contributed by atoms with van der Waals surface area (Å²) in [5, 5.41) is 3.05. The van der Waals surface area contributed by atoms with Crippen LogP contribution >= 0.6 is 24.8 Å². The number of nitrogens with zero attached hydrogens (tertiary/aromatic N) is 4. The molecule has 6 rings (SSSR count). The molecule has 0 unspecified atom stereocenters. The van der Waals surface area contributed by atoms with Crippen LogP contribution < -0.4 is 5.32 Å². The molecule has 14 heteroatoms. The number of hydrogen-bond acceptors (Lipinski definition) is 8. The van der Waals surface area contributed by atoms with Gasteiger partial charge in [0, 0.05) is 49.3 Å². The van der Waals surface area contributed by atoms with E-state index in [1.165, 1.54) is 34.8 Å². The van der Waals surface area contributed by atoms with Crippen LogP contribution in [0.4, 0.5) is 0 Å². The van der Waals surface area contributed by atoms with Gasteiger partial charge in [-0.1, -0.05) is 60.7 Å². The summed E-state index contributed by atoms with van der Waals surface area (Å²) in [6.45, 7) is 0.593. The van der Waals surface area contributed by atoms with Crippen LogP contribution in [0.1, 0.15) is 15.9 Å². The van der Waals surface area contributed by atoms with Crippen molar-refractivity contribution in [3.05, 3.63) is 145 Å². The molecular weight excluding hydrogens is 681 g/mol. The third-order valence-corrected chi connectivity index (χ3v) is 10.0. The van der Waals surface area contributed by atoms with Crippen LogP contribution in [0.2, 0.25) is 0 Å². The SMILES string of the molecule is CNCc1cc(-c2ccccc2)n(S(=O)(=O)c2cccnc2)c1.Cl.Cl.O=Cc1cc(-c2ccccc2)n(S(=O)(=O)c2cccnc2)c1. The lowest BCUT2D eigenvalue weighted by molar-refractivity contribution is 0.112. The lowest BCUT2D eigenvalue weighted by Gasteiger charge is -2.10. The summed E-state index contributed by atoms with van der Waals surface area (Å²) in [5.74, 6) is 0. The molecule has 0 radical (unpaired) electrons. The minimum absolute atomic E-state index is 0. The van der Waals surface area contributed by atoms with E-state index in [1.807, 2.05) is 61.6 Å². The van der Waals surface area contributed by atoms with E-state index in [4.69, 9.17) is 0 Å². The molecule has 0 spiro atoms. The molecule has 0 aliphatic carbocycles. The summed E-state index contributed by atoms with van der Waals surface area (Å²) >= 11 is 0. The number of carbonyl (C=O) groups excluding carboxylic acids is 1. The monoisotopic (exact) mass is 711 g/mol. The second-order valence-electron chi connectivity index (χ2n) is 9.75. The van der Waals surface area contributed by atoms with E-state index in [0.29, 0.717) is 35.3 Å². The van der Waals surface area contributed by atoms with E-state index in [9.17, 15) is 21.6 Å². The quantitative estimate of drug-likeness (QED) is 0.182. The Kier molecular flexibility index (Phi) is 12.8. The van der Waals surface area contributed by atoms with Crippen LogP contribution in [0.15, 0.2) is 144 Å². The highest BCUT2D eigenvalue weighted by molar-refractivity contribution is 7.90. The largest absolute Gasteiger partial charge is 0.316 e. The predicted octanol–water partition coefficient (Wildman–Crippen LogP) is 5.95. The number of nitrogens with one attached hydrogen (secondary N) is 1. The Balaban J connectivity index is 0.000000245. The summed E-state index contributed by atoms with van der Waals surface area (Å²) in [6.07, 6.45) is 9.30. The van der Waals surface area contributed by atoms with E-state index in [0.717, 1.165) is 15.1 Å². The van der Waals surface area contributed by atoms with Crippen LogP contribution in [0, 0.1) is 0 Å². The second-order valence-corrected chi connectivity index (χ2v) is 13.4. The zero-order valence-electron chi connectivity index (χ0n) is 24.9. The highest BCUT2D eigenvalue weighted by Gasteiger charge is 2.23. The topological polar surface area (TPSA) is 133 Å². The molecule has 0 bridgehead atoms. The van der Waals surface area contributed by atoms with Crippen molar-refractivity contribution in [2.75, 3.05) is 7.05 Å². The Hall–Kier alpha value is -4.59. The fourth-order valence-corrected chi connectivity index (χ4v) is 7.30. The molecule has 0 saturated carbocycles. The molecular formula is C33H31Cl2N5O5S2. The maximum Gasteiger partial charge on any atom is 0.269 e. The third-order valence-electron chi connectivity index (χ3n) is 6.69. The van der Waals surface area contributed by atoms with Gasteiger partial charge in [-0.05, 0) is 60.1 Å². The van der Waals surface area contributed by atoms with Crippen molar-refractivity contribution in [2.24, 2.45) is 0 Å². The van der Waals surface area contributed by atoms with E-state index >= 15 is 0 Å². The zero-order chi connectivity index (χ0) is 31.9. The Morgan fingerprint density at radius 1 is 0.660 bits per heavy atom. The second kappa shape index (κ2) is 16.3. The van der Waals surface area contributed by atoms with Gasteiger partial charge in [-0.25, -0.2) is 24.8 Å². The van der Waals surface area contributed by atoms with Crippen molar-refractivity contribution in [1.29, 1.82) is 0 Å². The normalized spacial score (nSPS) is 10.9. The van der Waals surface area contributed by atoms with Gasteiger partial charge in [0.05, 0.1) is 11.4 Å². The first kappa shape index (κ1) is 36.9. The summed E-state index contributed by atoms with van der Waals surface area (Å²) in [5.41, 5.74) is 3.83. The molecule has 0 amide bonds. The standard InChI is InChI=1S/C17H17N3O2S.C16H12N2O3S.2ClH/c1-18-11-14-10-17(15-6-3-2-4-7-15)20(13-14)23(21,22)16-8-5-9-19-12-16;19-12-13-9-16(14-5-2-1-3-6-14)18(11-13)22(20,21)15-7-4-8-17-10-15;;/h2-10,12-13,18H,11H2,1H3;1-12H;2*1H. The van der Waals surface area contributed by atoms with Crippen LogP contribution in [-0.2, 0) is 26.6 Å². The number of halogens is 2. The zero-order valence-corrected chi connectivity index (χ0v) is 28.2. The molecule has 4 aromatic heterocycles. The number of aldehydes is 1. The van der Waals surface area contributed by atoms with Crippen molar-refractivity contribution in [2.45, 2.75) is 16.3 Å². The van der Waals surface area contributed by atoms with Crippen LogP contribution in [0.5, 0.6) is 0 Å². The van der Waals surface area contributed by atoms with Gasteiger partial charge in [-0.2, -0.15) is 0 Å². The third kappa shape index (κ3) is 8.23. The molecule has 6 aromatic rings. The van der Waals surface area contributed by atoms with Crippen molar-refractivity contribution < 1.29 is 21.6 Å². The minimum atomic E-state index is -3.81. The molecule has 4 heterocycles. The minimum Gasteiger partial charge on any atom is -0.316 e. The number of carbonyl (C=O) groups is 1. The summed E-state index contributed by atoms with van der Waals surface area (Å²) < 4.78 is 53.9. The molecule has 47 heavy (non-hydrogen) atoms. The average molecular weight is 713 g/mol. The smallest absolute Gasteiger partial charge is 0.269 e. The van der Waals surface area contributed by atoms with Crippen molar-refractivity contribution in [1.82, 2.24) is 23.2 Å². The van der Waals surface area contributed by atoms with Crippen molar-refractivity contribution in [3.63, 3.8) is 0 Å². The number of aromatic nitrogens is 4. The molecule has 0 atom stereocenters. The Morgan fingerprint density at radius 3 is 1.55 bits per heavy atom. The van der Waals surface area contributed by atoms with Gasteiger partial charge in [-0.3, -0.25) is 14.8 Å². The summed E-state index contributed by atoms with van der Waals surface area (Å²) in [7, 11) is -5.67. The molecule has 2 aromatic carbocycles. The Labute approximate surface area is 286 Å².